The van der Waals surface area contributed by atoms with E-state index in [0.717, 1.165) is 18.5 Å². The molecule has 2 N–H and O–H groups in total. The number of carbonyl (C=O) groups is 1. The number of nitrogens with two attached hydrogens (primary N) is 1. The van der Waals surface area contributed by atoms with Crippen LogP contribution in [0.15, 0.2) is 30.3 Å². The fraction of sp³-hybridized carbons (Fsp3) is 0.500. The van der Waals surface area contributed by atoms with Gasteiger partial charge in [0.15, 0.2) is 0 Å². The number of hydrogen-bond acceptors (Lipinski definition) is 2. The second-order valence-electron chi connectivity index (χ2n) is 5.44. The highest BCUT2D eigenvalue weighted by Crippen LogP contribution is 2.07. The van der Waals surface area contributed by atoms with Crippen LogP contribution in [-0.2, 0) is 11.2 Å². The number of benzene rings is 1. The Morgan fingerprint density at radius 2 is 1.90 bits per heavy atom. The molecule has 3 nitrogen and oxygen atoms in total. The van der Waals surface area contributed by atoms with Crippen molar-refractivity contribution in [3.05, 3.63) is 35.9 Å². The average molecular weight is 292 g/mol. The van der Waals surface area contributed by atoms with Gasteiger partial charge in [0.25, 0.3) is 0 Å². The zero-order valence-electron chi connectivity index (χ0n) is 12.3. The molecule has 4 heteroatoms. The summed E-state index contributed by atoms with van der Waals surface area (Å²) in [5.74, 6) is 0.722. The maximum Gasteiger partial charge on any atom is 0.227 e. The van der Waals surface area contributed by atoms with Gasteiger partial charge in [0.05, 0.1) is 11.4 Å². The average Bonchev–Trinajstić information content (AvgIpc) is 2.39. The molecule has 110 valence electrons. The topological polar surface area (TPSA) is 46.3 Å². The van der Waals surface area contributed by atoms with E-state index >= 15 is 0 Å². The first-order valence-corrected chi connectivity index (χ1v) is 7.50. The van der Waals surface area contributed by atoms with Crippen molar-refractivity contribution < 1.29 is 4.79 Å². The van der Waals surface area contributed by atoms with Gasteiger partial charge in [-0.2, -0.15) is 0 Å². The Kier molecular flexibility index (Phi) is 7.23. The number of amides is 1. The maximum atomic E-state index is 12.4. The summed E-state index contributed by atoms with van der Waals surface area (Å²) in [5.41, 5.74) is 6.59. The predicted octanol–water partition coefficient (Wildman–Crippen LogP) is 2.78. The summed E-state index contributed by atoms with van der Waals surface area (Å²) in [6.45, 7) is 5.71. The molecule has 0 atom stereocenters. The van der Waals surface area contributed by atoms with Crippen molar-refractivity contribution in [1.29, 1.82) is 0 Å². The van der Waals surface area contributed by atoms with Crippen molar-refractivity contribution in [2.45, 2.75) is 33.1 Å². The molecule has 0 fully saturated rings. The molecule has 0 aliphatic carbocycles. The molecule has 0 spiro atoms. The van der Waals surface area contributed by atoms with Crippen LogP contribution in [0, 0.1) is 5.92 Å². The fourth-order valence-electron chi connectivity index (χ4n) is 1.90. The lowest BCUT2D eigenvalue weighted by molar-refractivity contribution is -0.130. The number of rotatable bonds is 8. The van der Waals surface area contributed by atoms with Gasteiger partial charge in [-0.15, -0.1) is 0 Å². The van der Waals surface area contributed by atoms with Crippen molar-refractivity contribution in [2.75, 3.05) is 13.1 Å². The molecule has 0 aromatic heterocycles. The largest absolute Gasteiger partial charge is 0.393 e. The van der Waals surface area contributed by atoms with Crippen LogP contribution < -0.4 is 5.73 Å². The molecule has 0 heterocycles. The maximum absolute atomic E-state index is 12.4. The van der Waals surface area contributed by atoms with Crippen molar-refractivity contribution in [1.82, 2.24) is 4.90 Å². The Bertz CT molecular complexity index is 431. The lowest BCUT2D eigenvalue weighted by Gasteiger charge is -2.23. The summed E-state index contributed by atoms with van der Waals surface area (Å²) >= 11 is 4.91. The third kappa shape index (κ3) is 6.66. The van der Waals surface area contributed by atoms with Gasteiger partial charge in [-0.05, 0) is 17.9 Å². The van der Waals surface area contributed by atoms with E-state index in [4.69, 9.17) is 18.0 Å². The van der Waals surface area contributed by atoms with Crippen LogP contribution in [-0.4, -0.2) is 28.9 Å². The summed E-state index contributed by atoms with van der Waals surface area (Å²) in [4.78, 5) is 14.7. The third-order valence-corrected chi connectivity index (χ3v) is 3.36. The van der Waals surface area contributed by atoms with E-state index in [-0.39, 0.29) is 5.91 Å². The second-order valence-corrected chi connectivity index (χ2v) is 5.97. The van der Waals surface area contributed by atoms with Crippen LogP contribution in [0.25, 0.3) is 0 Å². The molecule has 0 unspecified atom stereocenters. The second kappa shape index (κ2) is 8.69. The minimum Gasteiger partial charge on any atom is -0.393 e. The van der Waals surface area contributed by atoms with E-state index in [1.165, 1.54) is 0 Å². The van der Waals surface area contributed by atoms with Gasteiger partial charge in [0, 0.05) is 19.5 Å². The normalized spacial score (nSPS) is 10.6. The van der Waals surface area contributed by atoms with Crippen LogP contribution in [0.1, 0.15) is 32.3 Å². The quantitative estimate of drug-likeness (QED) is 0.749. The monoisotopic (exact) mass is 292 g/mol. The molecule has 1 rings (SSSR count). The van der Waals surface area contributed by atoms with Gasteiger partial charge in [0.2, 0.25) is 5.91 Å². The minimum absolute atomic E-state index is 0.146. The number of thiocarbonyl (C=S) groups is 1. The lowest BCUT2D eigenvalue weighted by Crippen LogP contribution is -2.36. The van der Waals surface area contributed by atoms with Crippen molar-refractivity contribution in [2.24, 2.45) is 11.7 Å². The molecule has 1 aromatic rings. The third-order valence-electron chi connectivity index (χ3n) is 3.16. The molecular formula is C16H24N2OS. The summed E-state index contributed by atoms with van der Waals surface area (Å²) < 4.78 is 0. The van der Waals surface area contributed by atoms with Crippen molar-refractivity contribution in [3.63, 3.8) is 0 Å². The van der Waals surface area contributed by atoms with Gasteiger partial charge in [-0.25, -0.2) is 0 Å². The van der Waals surface area contributed by atoms with E-state index in [0.29, 0.717) is 30.3 Å². The van der Waals surface area contributed by atoms with E-state index in [1.54, 1.807) is 0 Å². The summed E-state index contributed by atoms with van der Waals surface area (Å²) in [7, 11) is 0. The summed E-state index contributed by atoms with van der Waals surface area (Å²) in [5, 5.41) is 0. The minimum atomic E-state index is 0.146. The Labute approximate surface area is 127 Å². The Balaban J connectivity index is 2.60. The van der Waals surface area contributed by atoms with Crippen LogP contribution in [0.2, 0.25) is 0 Å². The summed E-state index contributed by atoms with van der Waals surface area (Å²) in [6.07, 6.45) is 2.03. The van der Waals surface area contributed by atoms with E-state index in [9.17, 15) is 4.79 Å². The van der Waals surface area contributed by atoms with Crippen LogP contribution in [0.3, 0.4) is 0 Å². The SMILES string of the molecule is CC(C)CCN(CCC(N)=S)C(=O)Cc1ccccc1. The van der Waals surface area contributed by atoms with Gasteiger partial charge in [0.1, 0.15) is 0 Å². The van der Waals surface area contributed by atoms with Crippen LogP contribution in [0.4, 0.5) is 0 Å². The molecule has 0 aliphatic rings. The van der Waals surface area contributed by atoms with Gasteiger partial charge < -0.3 is 10.6 Å². The molecule has 0 bridgehead atoms. The van der Waals surface area contributed by atoms with Gasteiger partial charge in [-0.3, -0.25) is 4.79 Å². The smallest absolute Gasteiger partial charge is 0.227 e. The van der Waals surface area contributed by atoms with E-state index < -0.39 is 0 Å². The van der Waals surface area contributed by atoms with Crippen LogP contribution >= 0.6 is 12.2 Å². The van der Waals surface area contributed by atoms with Crippen molar-refractivity contribution in [3.8, 4) is 0 Å². The molecule has 1 aromatic carbocycles. The highest BCUT2D eigenvalue weighted by molar-refractivity contribution is 7.80. The number of hydrogen-bond donors (Lipinski definition) is 1. The molecule has 0 radical (unpaired) electrons. The summed E-state index contributed by atoms with van der Waals surface area (Å²) in [6, 6.07) is 9.82. The van der Waals surface area contributed by atoms with Gasteiger partial charge in [-0.1, -0.05) is 56.4 Å². The molecule has 0 saturated carbocycles. The van der Waals surface area contributed by atoms with E-state index in [1.807, 2.05) is 35.2 Å². The first-order chi connectivity index (χ1) is 9.49. The number of carbonyl (C=O) groups excluding carboxylic acids is 1. The predicted molar refractivity (Wildman–Crippen MR) is 87.6 cm³/mol. The fourth-order valence-corrected chi connectivity index (χ4v) is 1.99. The zero-order valence-corrected chi connectivity index (χ0v) is 13.2. The highest BCUT2D eigenvalue weighted by Gasteiger charge is 2.14. The first-order valence-electron chi connectivity index (χ1n) is 7.09. The van der Waals surface area contributed by atoms with E-state index in [2.05, 4.69) is 13.8 Å². The Morgan fingerprint density at radius 1 is 1.25 bits per heavy atom. The lowest BCUT2D eigenvalue weighted by atomic mass is 10.1. The molecule has 0 saturated heterocycles. The number of nitrogens with zero attached hydrogens (tertiary/aromatic N) is 1. The van der Waals surface area contributed by atoms with Crippen LogP contribution in [0.5, 0.6) is 0 Å². The molecule has 0 aliphatic heterocycles. The zero-order chi connectivity index (χ0) is 15.0. The Morgan fingerprint density at radius 3 is 2.45 bits per heavy atom. The van der Waals surface area contributed by atoms with Crippen molar-refractivity contribution >= 4 is 23.1 Å². The first kappa shape index (κ1) is 16.6. The standard InChI is InChI=1S/C16H24N2OS/c1-13(2)8-10-18(11-9-15(17)20)16(19)12-14-6-4-3-5-7-14/h3-7,13H,8-12H2,1-2H3,(H2,17,20). The molecular weight excluding hydrogens is 268 g/mol. The van der Waals surface area contributed by atoms with Gasteiger partial charge >= 0.3 is 0 Å². The Hall–Kier alpha value is -1.42. The highest BCUT2D eigenvalue weighted by atomic mass is 32.1. The molecule has 1 amide bonds. The molecule has 20 heavy (non-hydrogen) atoms.